The van der Waals surface area contributed by atoms with Crippen molar-refractivity contribution < 1.29 is 4.74 Å². The molecule has 6 heteroatoms. The maximum absolute atomic E-state index is 5.42. The third-order valence-corrected chi connectivity index (χ3v) is 4.80. The molecule has 118 valence electrons. The molecule has 0 radical (unpaired) electrons. The first kappa shape index (κ1) is 15.4. The Labute approximate surface area is 135 Å². The lowest BCUT2D eigenvalue weighted by Crippen LogP contribution is -2.37. The Bertz CT molecular complexity index is 605. The summed E-state index contributed by atoms with van der Waals surface area (Å²) >= 11 is 1.44. The highest BCUT2D eigenvalue weighted by atomic mass is 32.1. The summed E-state index contributed by atoms with van der Waals surface area (Å²) in [6.07, 6.45) is 0. The molecule has 0 spiro atoms. The number of aromatic nitrogens is 2. The second kappa shape index (κ2) is 6.73. The van der Waals surface area contributed by atoms with Crippen molar-refractivity contribution in [1.29, 1.82) is 0 Å². The number of hydrogen-bond acceptors (Lipinski definition) is 6. The summed E-state index contributed by atoms with van der Waals surface area (Å²) in [5.74, 6) is 0.769. The summed E-state index contributed by atoms with van der Waals surface area (Å²) in [6, 6.07) is 9.11. The highest BCUT2D eigenvalue weighted by molar-refractivity contribution is 7.09. The van der Waals surface area contributed by atoms with Gasteiger partial charge in [0.25, 0.3) is 0 Å². The number of nitrogens with zero attached hydrogens (tertiary/aromatic N) is 4. The average molecular weight is 318 g/mol. The van der Waals surface area contributed by atoms with Gasteiger partial charge in [-0.05, 0) is 24.0 Å². The van der Waals surface area contributed by atoms with Gasteiger partial charge in [0.2, 0.25) is 5.95 Å². The Morgan fingerprint density at radius 3 is 2.45 bits per heavy atom. The quantitative estimate of drug-likeness (QED) is 0.867. The molecule has 1 aromatic carbocycles. The predicted octanol–water partition coefficient (Wildman–Crippen LogP) is 2.66. The standard InChI is InChI=1S/C16H22N4OS/c1-12(20-8-10-21-11-9-20)13-4-6-14(7-5-13)15-17-16(18-22-15)19(2)3/h4-7,12H,8-11H2,1-3H3. The highest BCUT2D eigenvalue weighted by Crippen LogP contribution is 2.27. The van der Waals surface area contributed by atoms with Crippen LogP contribution in [-0.4, -0.2) is 54.7 Å². The molecule has 1 aliphatic heterocycles. The molecule has 0 amide bonds. The minimum atomic E-state index is 0.421. The van der Waals surface area contributed by atoms with Gasteiger partial charge in [0.15, 0.2) is 0 Å². The molecule has 2 heterocycles. The van der Waals surface area contributed by atoms with Gasteiger partial charge in [0.1, 0.15) is 5.01 Å². The smallest absolute Gasteiger partial charge is 0.237 e. The minimum Gasteiger partial charge on any atom is -0.379 e. The highest BCUT2D eigenvalue weighted by Gasteiger charge is 2.18. The van der Waals surface area contributed by atoms with Crippen LogP contribution in [0.25, 0.3) is 10.6 Å². The van der Waals surface area contributed by atoms with E-state index in [1.54, 1.807) is 0 Å². The number of rotatable bonds is 4. The molecular formula is C16H22N4OS. The molecule has 1 unspecified atom stereocenters. The zero-order valence-electron chi connectivity index (χ0n) is 13.3. The van der Waals surface area contributed by atoms with Gasteiger partial charge in [-0.15, -0.1) is 0 Å². The van der Waals surface area contributed by atoms with E-state index in [0.717, 1.165) is 42.8 Å². The first-order chi connectivity index (χ1) is 10.6. The van der Waals surface area contributed by atoms with Gasteiger partial charge < -0.3 is 9.64 Å². The number of morpholine rings is 1. The maximum Gasteiger partial charge on any atom is 0.237 e. The third kappa shape index (κ3) is 3.29. The average Bonchev–Trinajstić information content (AvgIpc) is 3.05. The molecule has 0 bridgehead atoms. The van der Waals surface area contributed by atoms with Crippen LogP contribution in [0.3, 0.4) is 0 Å². The van der Waals surface area contributed by atoms with E-state index in [4.69, 9.17) is 4.74 Å². The van der Waals surface area contributed by atoms with Crippen molar-refractivity contribution in [1.82, 2.24) is 14.3 Å². The van der Waals surface area contributed by atoms with Crippen LogP contribution < -0.4 is 4.90 Å². The summed E-state index contributed by atoms with van der Waals surface area (Å²) in [5, 5.41) is 0.967. The third-order valence-electron chi connectivity index (χ3n) is 4.05. The van der Waals surface area contributed by atoms with Crippen LogP contribution in [-0.2, 0) is 4.74 Å². The fourth-order valence-corrected chi connectivity index (χ4v) is 3.33. The van der Waals surface area contributed by atoms with Crippen molar-refractivity contribution in [3.8, 4) is 10.6 Å². The van der Waals surface area contributed by atoms with E-state index < -0.39 is 0 Å². The van der Waals surface area contributed by atoms with Crippen molar-refractivity contribution in [3.63, 3.8) is 0 Å². The van der Waals surface area contributed by atoms with Crippen LogP contribution >= 0.6 is 11.5 Å². The van der Waals surface area contributed by atoms with Crippen molar-refractivity contribution >= 4 is 17.5 Å². The molecule has 1 saturated heterocycles. The minimum absolute atomic E-state index is 0.421. The van der Waals surface area contributed by atoms with Gasteiger partial charge in [0.05, 0.1) is 13.2 Å². The molecule has 1 aromatic heterocycles. The lowest BCUT2D eigenvalue weighted by molar-refractivity contribution is 0.0198. The molecular weight excluding hydrogens is 296 g/mol. The number of benzene rings is 1. The maximum atomic E-state index is 5.42. The van der Waals surface area contributed by atoms with Crippen LogP contribution in [0, 0.1) is 0 Å². The molecule has 1 fully saturated rings. The number of hydrogen-bond donors (Lipinski definition) is 0. The van der Waals surface area contributed by atoms with Crippen molar-refractivity contribution in [2.45, 2.75) is 13.0 Å². The Morgan fingerprint density at radius 1 is 1.18 bits per heavy atom. The second-order valence-corrected chi connectivity index (χ2v) is 6.49. The fourth-order valence-electron chi connectivity index (χ4n) is 2.59. The van der Waals surface area contributed by atoms with Gasteiger partial charge in [-0.1, -0.05) is 24.3 Å². The summed E-state index contributed by atoms with van der Waals surface area (Å²) < 4.78 is 9.78. The van der Waals surface area contributed by atoms with Crippen LogP contribution in [0.5, 0.6) is 0 Å². The number of ether oxygens (including phenoxy) is 1. The van der Waals surface area contributed by atoms with Crippen molar-refractivity contribution in [2.24, 2.45) is 0 Å². The first-order valence-electron chi connectivity index (χ1n) is 7.58. The van der Waals surface area contributed by atoms with Gasteiger partial charge in [0, 0.05) is 38.8 Å². The normalized spacial score (nSPS) is 17.4. The van der Waals surface area contributed by atoms with Crippen LogP contribution in [0.2, 0.25) is 0 Å². The Kier molecular flexibility index (Phi) is 4.71. The monoisotopic (exact) mass is 318 g/mol. The Hall–Kier alpha value is -1.50. The fraction of sp³-hybridized carbons (Fsp3) is 0.500. The Morgan fingerprint density at radius 2 is 1.86 bits per heavy atom. The SMILES string of the molecule is CC(c1ccc(-c2nc(N(C)C)ns2)cc1)N1CCOCC1. The molecule has 1 aliphatic rings. The zero-order chi connectivity index (χ0) is 15.5. The van der Waals surface area contributed by atoms with Crippen molar-refractivity contribution in [2.75, 3.05) is 45.3 Å². The van der Waals surface area contributed by atoms with E-state index in [-0.39, 0.29) is 0 Å². The Balaban J connectivity index is 1.74. The van der Waals surface area contributed by atoms with E-state index in [0.29, 0.717) is 6.04 Å². The van der Waals surface area contributed by atoms with E-state index in [1.165, 1.54) is 17.1 Å². The molecule has 5 nitrogen and oxygen atoms in total. The molecule has 0 aliphatic carbocycles. The second-order valence-electron chi connectivity index (χ2n) is 5.74. The molecule has 22 heavy (non-hydrogen) atoms. The first-order valence-corrected chi connectivity index (χ1v) is 8.35. The topological polar surface area (TPSA) is 41.5 Å². The van der Waals surface area contributed by atoms with E-state index >= 15 is 0 Å². The summed E-state index contributed by atoms with van der Waals surface area (Å²) in [4.78, 5) is 8.94. The molecule has 3 rings (SSSR count). The summed E-state index contributed by atoms with van der Waals surface area (Å²) in [7, 11) is 3.91. The van der Waals surface area contributed by atoms with Crippen LogP contribution in [0.1, 0.15) is 18.5 Å². The predicted molar refractivity (Wildman–Crippen MR) is 90.5 cm³/mol. The van der Waals surface area contributed by atoms with Gasteiger partial charge in [-0.2, -0.15) is 9.36 Å². The molecule has 0 saturated carbocycles. The lowest BCUT2D eigenvalue weighted by atomic mass is 10.0. The summed E-state index contributed by atoms with van der Waals surface area (Å²) in [5.41, 5.74) is 2.46. The molecule has 1 atom stereocenters. The van der Waals surface area contributed by atoms with E-state index in [1.807, 2.05) is 19.0 Å². The van der Waals surface area contributed by atoms with Crippen LogP contribution in [0.15, 0.2) is 24.3 Å². The van der Waals surface area contributed by atoms with E-state index in [2.05, 4.69) is 45.4 Å². The molecule has 2 aromatic rings. The lowest BCUT2D eigenvalue weighted by Gasteiger charge is -2.32. The largest absolute Gasteiger partial charge is 0.379 e. The van der Waals surface area contributed by atoms with Gasteiger partial charge >= 0.3 is 0 Å². The summed E-state index contributed by atoms with van der Waals surface area (Å²) in [6.45, 7) is 5.94. The van der Waals surface area contributed by atoms with Gasteiger partial charge in [-0.25, -0.2) is 0 Å². The van der Waals surface area contributed by atoms with Gasteiger partial charge in [-0.3, -0.25) is 4.90 Å². The van der Waals surface area contributed by atoms with Crippen molar-refractivity contribution in [3.05, 3.63) is 29.8 Å². The number of anilines is 1. The molecule has 0 N–H and O–H groups in total. The van der Waals surface area contributed by atoms with Crippen LogP contribution in [0.4, 0.5) is 5.95 Å². The van der Waals surface area contributed by atoms with E-state index in [9.17, 15) is 0 Å². The zero-order valence-corrected chi connectivity index (χ0v) is 14.1.